The molecule has 0 unspecified atom stereocenters. The van der Waals surface area contributed by atoms with Crippen molar-refractivity contribution < 1.29 is 9.90 Å². The summed E-state index contributed by atoms with van der Waals surface area (Å²) < 4.78 is 0. The Balaban J connectivity index is 2.90. The maximum Gasteiger partial charge on any atom is 0.229 e. The molecule has 1 rings (SSSR count). The van der Waals surface area contributed by atoms with E-state index < -0.39 is 5.54 Å². The molecular weight excluding hydrogens is 226 g/mol. The first-order valence-electron chi connectivity index (χ1n) is 7.14. The van der Waals surface area contributed by atoms with Crippen LogP contribution in [-0.4, -0.2) is 35.1 Å². The zero-order valence-electron chi connectivity index (χ0n) is 12.6. The third kappa shape index (κ3) is 3.05. The number of amides is 1. The number of nitrogens with zero attached hydrogens (tertiary/aromatic N) is 1. The maximum absolute atomic E-state index is 12.8. The van der Waals surface area contributed by atoms with Crippen molar-refractivity contribution in [1.82, 2.24) is 4.90 Å². The summed E-state index contributed by atoms with van der Waals surface area (Å²) in [4.78, 5) is 14.6. The summed E-state index contributed by atoms with van der Waals surface area (Å²) in [7, 11) is 1.83. The molecule has 1 fully saturated rings. The van der Waals surface area contributed by atoms with Gasteiger partial charge in [-0.1, -0.05) is 26.7 Å². The van der Waals surface area contributed by atoms with Gasteiger partial charge in [-0.3, -0.25) is 4.79 Å². The molecule has 106 valence electrons. The first kappa shape index (κ1) is 15.5. The monoisotopic (exact) mass is 255 g/mol. The van der Waals surface area contributed by atoms with Crippen LogP contribution in [0.3, 0.4) is 0 Å². The second-order valence-corrected chi connectivity index (χ2v) is 6.92. The molecule has 0 heterocycles. The Hall–Kier alpha value is -0.570. The molecule has 0 aromatic carbocycles. The fraction of sp³-hybridized carbons (Fsp3) is 0.933. The molecule has 0 bridgehead atoms. The van der Waals surface area contributed by atoms with E-state index in [2.05, 4.69) is 13.8 Å². The smallest absolute Gasteiger partial charge is 0.229 e. The topological polar surface area (TPSA) is 40.5 Å². The molecule has 3 nitrogen and oxygen atoms in total. The number of aliphatic hydroxyl groups excluding tert-OH is 1. The highest BCUT2D eigenvalue weighted by Gasteiger charge is 2.45. The zero-order valence-corrected chi connectivity index (χ0v) is 12.6. The van der Waals surface area contributed by atoms with Crippen LogP contribution in [0.5, 0.6) is 0 Å². The average Bonchev–Trinajstić information content (AvgIpc) is 2.75. The molecule has 1 amide bonds. The van der Waals surface area contributed by atoms with Crippen LogP contribution in [0, 0.1) is 11.3 Å². The third-order valence-corrected chi connectivity index (χ3v) is 4.41. The minimum atomic E-state index is -0.469. The predicted octanol–water partition coefficient (Wildman–Crippen LogP) is 2.82. The van der Waals surface area contributed by atoms with Crippen LogP contribution in [0.1, 0.15) is 59.8 Å². The van der Waals surface area contributed by atoms with E-state index in [4.69, 9.17) is 0 Å². The van der Waals surface area contributed by atoms with E-state index in [-0.39, 0.29) is 17.9 Å². The fourth-order valence-electron chi connectivity index (χ4n) is 3.08. The minimum absolute atomic E-state index is 0.00694. The molecular formula is C15H29NO2. The normalized spacial score (nSPS) is 19.3. The molecule has 1 aliphatic rings. The first-order valence-corrected chi connectivity index (χ1v) is 7.14. The van der Waals surface area contributed by atoms with Crippen LogP contribution >= 0.6 is 0 Å². The van der Waals surface area contributed by atoms with E-state index in [9.17, 15) is 9.90 Å². The van der Waals surface area contributed by atoms with Gasteiger partial charge in [-0.2, -0.15) is 0 Å². The summed E-state index contributed by atoms with van der Waals surface area (Å²) in [5.74, 6) is 0.769. The Morgan fingerprint density at radius 2 is 1.83 bits per heavy atom. The number of hydrogen-bond donors (Lipinski definition) is 1. The van der Waals surface area contributed by atoms with E-state index in [0.29, 0.717) is 5.92 Å². The number of likely N-dealkylation sites (N-methyl/N-ethyl adjacent to an activating group) is 1. The van der Waals surface area contributed by atoms with Gasteiger partial charge in [0, 0.05) is 12.5 Å². The summed E-state index contributed by atoms with van der Waals surface area (Å²) in [6, 6.07) is 0. The molecule has 1 saturated carbocycles. The third-order valence-electron chi connectivity index (χ3n) is 4.41. The van der Waals surface area contributed by atoms with Gasteiger partial charge in [-0.25, -0.2) is 0 Å². The van der Waals surface area contributed by atoms with Crippen LogP contribution in [-0.2, 0) is 4.79 Å². The summed E-state index contributed by atoms with van der Waals surface area (Å²) in [5.41, 5.74) is -0.640. The molecule has 0 aromatic heterocycles. The van der Waals surface area contributed by atoms with Gasteiger partial charge >= 0.3 is 0 Å². The van der Waals surface area contributed by atoms with Crippen molar-refractivity contribution in [2.24, 2.45) is 11.3 Å². The van der Waals surface area contributed by atoms with E-state index in [1.807, 2.05) is 20.9 Å². The van der Waals surface area contributed by atoms with Crippen LogP contribution in [0.2, 0.25) is 0 Å². The lowest BCUT2D eigenvalue weighted by molar-refractivity contribution is -0.148. The predicted molar refractivity (Wildman–Crippen MR) is 74.3 cm³/mol. The minimum Gasteiger partial charge on any atom is -0.394 e. The molecule has 0 aromatic rings. The van der Waals surface area contributed by atoms with Gasteiger partial charge in [-0.15, -0.1) is 0 Å². The van der Waals surface area contributed by atoms with Gasteiger partial charge in [-0.05, 0) is 39.0 Å². The van der Waals surface area contributed by atoms with Crippen molar-refractivity contribution >= 4 is 5.91 Å². The highest BCUT2D eigenvalue weighted by molar-refractivity contribution is 5.83. The number of hydrogen-bond acceptors (Lipinski definition) is 2. The highest BCUT2D eigenvalue weighted by Crippen LogP contribution is 2.45. The largest absolute Gasteiger partial charge is 0.394 e. The average molecular weight is 255 g/mol. The van der Waals surface area contributed by atoms with Crippen molar-refractivity contribution in [3.8, 4) is 0 Å². The fourth-order valence-corrected chi connectivity index (χ4v) is 3.08. The Labute approximate surface area is 112 Å². The molecule has 1 N–H and O–H groups in total. The van der Waals surface area contributed by atoms with Crippen LogP contribution < -0.4 is 0 Å². The Morgan fingerprint density at radius 3 is 2.22 bits per heavy atom. The van der Waals surface area contributed by atoms with E-state index in [1.54, 1.807) is 4.90 Å². The number of carbonyl (C=O) groups is 1. The quantitative estimate of drug-likeness (QED) is 0.820. The van der Waals surface area contributed by atoms with Crippen molar-refractivity contribution in [2.45, 2.75) is 65.3 Å². The number of carbonyl (C=O) groups excluding carboxylic acids is 1. The van der Waals surface area contributed by atoms with Gasteiger partial charge in [0.05, 0.1) is 12.1 Å². The van der Waals surface area contributed by atoms with Gasteiger partial charge in [0.2, 0.25) is 5.91 Å². The SMILES string of the molecule is CC(C)CC1(C(=O)N(C)C(C)(C)CO)CCCC1. The maximum atomic E-state index is 12.8. The molecule has 0 atom stereocenters. The number of rotatable bonds is 5. The van der Waals surface area contributed by atoms with Gasteiger partial charge in [0.1, 0.15) is 0 Å². The molecule has 0 saturated heterocycles. The van der Waals surface area contributed by atoms with Gasteiger partial charge in [0.15, 0.2) is 0 Å². The Morgan fingerprint density at radius 1 is 1.33 bits per heavy atom. The summed E-state index contributed by atoms with van der Waals surface area (Å²) in [5, 5.41) is 9.43. The first-order chi connectivity index (χ1) is 8.25. The second-order valence-electron chi connectivity index (χ2n) is 6.92. The van der Waals surface area contributed by atoms with Crippen LogP contribution in [0.25, 0.3) is 0 Å². The lowest BCUT2D eigenvalue weighted by Gasteiger charge is -2.41. The van der Waals surface area contributed by atoms with E-state index in [1.165, 1.54) is 0 Å². The van der Waals surface area contributed by atoms with Crippen LogP contribution in [0.4, 0.5) is 0 Å². The van der Waals surface area contributed by atoms with Crippen molar-refractivity contribution in [3.63, 3.8) is 0 Å². The van der Waals surface area contributed by atoms with E-state index >= 15 is 0 Å². The molecule has 3 heteroatoms. The molecule has 0 radical (unpaired) electrons. The summed E-state index contributed by atoms with van der Waals surface area (Å²) >= 11 is 0. The zero-order chi connectivity index (χ0) is 14.0. The van der Waals surface area contributed by atoms with Crippen molar-refractivity contribution in [1.29, 1.82) is 0 Å². The van der Waals surface area contributed by atoms with Gasteiger partial charge < -0.3 is 10.0 Å². The molecule has 0 spiro atoms. The Bertz CT molecular complexity index is 291. The standard InChI is InChI=1S/C15H29NO2/c1-12(2)10-15(8-6-7-9-15)13(18)16(5)14(3,4)11-17/h12,17H,6-11H2,1-5H3. The second kappa shape index (κ2) is 5.60. The molecule has 0 aliphatic heterocycles. The lowest BCUT2D eigenvalue weighted by atomic mass is 9.76. The molecule has 18 heavy (non-hydrogen) atoms. The summed E-state index contributed by atoms with van der Waals surface area (Å²) in [6.07, 6.45) is 5.31. The van der Waals surface area contributed by atoms with Gasteiger partial charge in [0.25, 0.3) is 0 Å². The van der Waals surface area contributed by atoms with E-state index in [0.717, 1.165) is 32.1 Å². The number of aliphatic hydroxyl groups is 1. The lowest BCUT2D eigenvalue weighted by Crippen LogP contribution is -2.53. The van der Waals surface area contributed by atoms with Crippen molar-refractivity contribution in [3.05, 3.63) is 0 Å². The molecule has 1 aliphatic carbocycles. The summed E-state index contributed by atoms with van der Waals surface area (Å²) in [6.45, 7) is 8.22. The van der Waals surface area contributed by atoms with Crippen molar-refractivity contribution in [2.75, 3.05) is 13.7 Å². The Kier molecular flexibility index (Phi) is 4.82. The van der Waals surface area contributed by atoms with Crippen LogP contribution in [0.15, 0.2) is 0 Å². The highest BCUT2D eigenvalue weighted by atomic mass is 16.3.